The zero-order valence-corrected chi connectivity index (χ0v) is 21.2. The summed E-state index contributed by atoms with van der Waals surface area (Å²) in [5.41, 5.74) is 4.11. The number of hydrogen-bond donors (Lipinski definition) is 5. The molecule has 2 aromatic heterocycles. The van der Waals surface area contributed by atoms with Gasteiger partial charge in [-0.2, -0.15) is 10.1 Å². The van der Waals surface area contributed by atoms with Crippen LogP contribution in [0.3, 0.4) is 0 Å². The third-order valence-electron chi connectivity index (χ3n) is 4.96. The van der Waals surface area contributed by atoms with Crippen LogP contribution in [-0.2, 0) is 34.8 Å². The lowest BCUT2D eigenvalue weighted by molar-refractivity contribution is -0.150. The number of hydrogen-bond acceptors (Lipinski definition) is 14. The van der Waals surface area contributed by atoms with Crippen molar-refractivity contribution in [2.24, 2.45) is 5.16 Å². The zero-order chi connectivity index (χ0) is 27.6. The van der Waals surface area contributed by atoms with Gasteiger partial charge in [0, 0.05) is 11.1 Å². The van der Waals surface area contributed by atoms with Crippen LogP contribution < -0.4 is 16.7 Å². The second-order valence-corrected chi connectivity index (χ2v) is 10.8. The summed E-state index contributed by atoms with van der Waals surface area (Å²) in [5.74, 6) is -4.91. The van der Waals surface area contributed by atoms with Crippen molar-refractivity contribution in [3.8, 4) is 0 Å². The summed E-state index contributed by atoms with van der Waals surface area (Å²) < 4.78 is 13.0. The van der Waals surface area contributed by atoms with Gasteiger partial charge >= 0.3 is 17.6 Å². The maximum absolute atomic E-state index is 13.0. The number of aromatic nitrogens is 4. The van der Waals surface area contributed by atoms with E-state index in [2.05, 4.69) is 35.5 Å². The molecular formula is C18H16N8O9S3. The molecule has 1 fully saturated rings. The number of carbonyl (C=O) groups excluding carboxylic acids is 2. The molecule has 2 unspecified atom stereocenters. The number of nitrogens with one attached hydrogen (secondary N) is 2. The summed E-state index contributed by atoms with van der Waals surface area (Å²) in [6, 6.07) is -1.37. The van der Waals surface area contributed by atoms with Crippen LogP contribution in [0.4, 0.5) is 5.13 Å². The Labute approximate surface area is 221 Å². The van der Waals surface area contributed by atoms with Crippen molar-refractivity contribution in [2.45, 2.75) is 16.4 Å². The van der Waals surface area contributed by atoms with Crippen LogP contribution in [0.2, 0.25) is 0 Å². The minimum Gasteiger partial charge on any atom is -0.479 e. The average molecular weight is 585 g/mol. The Kier molecular flexibility index (Phi) is 7.83. The number of rotatable bonds is 10. The number of β-lactam (4-membered cyclic amide) rings is 1. The number of carboxylic acid groups (broad SMARTS) is 2. The Balaban J connectivity index is 1.54. The number of aliphatic carboxylic acids is 2. The van der Waals surface area contributed by atoms with Crippen LogP contribution in [0.1, 0.15) is 5.69 Å². The highest BCUT2D eigenvalue weighted by Crippen LogP contribution is 2.36. The molecule has 200 valence electrons. The van der Waals surface area contributed by atoms with Gasteiger partial charge in [0.2, 0.25) is 6.61 Å². The molecule has 2 amide bonds. The number of anilines is 1. The first kappa shape index (κ1) is 26.9. The maximum atomic E-state index is 13.0. The minimum absolute atomic E-state index is 0.0397. The van der Waals surface area contributed by atoms with E-state index in [9.17, 15) is 33.3 Å². The number of nitrogens with two attached hydrogens (primary N) is 1. The van der Waals surface area contributed by atoms with Gasteiger partial charge in [0.1, 0.15) is 27.8 Å². The van der Waals surface area contributed by atoms with Crippen molar-refractivity contribution < 1.29 is 38.4 Å². The van der Waals surface area contributed by atoms with E-state index in [-0.39, 0.29) is 38.6 Å². The number of aromatic amines is 1. The molecule has 20 heteroatoms. The van der Waals surface area contributed by atoms with Gasteiger partial charge in [-0.3, -0.25) is 18.7 Å². The molecule has 38 heavy (non-hydrogen) atoms. The fourth-order valence-electron chi connectivity index (χ4n) is 3.45. The molecule has 2 aromatic rings. The molecule has 17 nitrogen and oxygen atoms in total. The topological polar surface area (TPSA) is 260 Å². The monoisotopic (exact) mass is 584 g/mol. The summed E-state index contributed by atoms with van der Waals surface area (Å²) in [6.45, 7) is -0.865. The Hall–Kier alpha value is -4.17. The highest BCUT2D eigenvalue weighted by Gasteiger charge is 2.57. The van der Waals surface area contributed by atoms with Crippen molar-refractivity contribution in [1.29, 1.82) is 0 Å². The lowest BCUT2D eigenvalue weighted by atomic mass is 10.0. The first-order chi connectivity index (χ1) is 18.1. The van der Waals surface area contributed by atoms with E-state index in [0.717, 1.165) is 28.0 Å². The number of thioether (sulfide) groups is 1. The van der Waals surface area contributed by atoms with Gasteiger partial charge in [0.15, 0.2) is 10.8 Å². The van der Waals surface area contributed by atoms with Crippen LogP contribution >= 0.6 is 23.1 Å². The molecule has 4 heterocycles. The number of H-pyrrole nitrogens is 1. The molecular weight excluding hydrogens is 568 g/mol. The van der Waals surface area contributed by atoms with Crippen molar-refractivity contribution >= 4 is 68.5 Å². The number of nitrogens with zero attached hydrogens (tertiary/aromatic N) is 5. The number of thiazole rings is 1. The molecule has 0 aliphatic carbocycles. The van der Waals surface area contributed by atoms with E-state index in [4.69, 9.17) is 10.8 Å². The third kappa shape index (κ3) is 5.55. The SMILES string of the molecule is Nc1nc(C(=NOCC(=O)O)C(=O)NC2C(=O)N3C(C(=O)O)=C(CSc4cn[nH]c(=O)n4)CS(=O)[C@@H]23)cs1. The quantitative estimate of drug-likeness (QED) is 0.0841. The highest BCUT2D eigenvalue weighted by atomic mass is 32.2. The van der Waals surface area contributed by atoms with E-state index >= 15 is 0 Å². The molecule has 3 atom stereocenters. The molecule has 2 aliphatic heterocycles. The number of amides is 2. The number of carboxylic acids is 2. The second-order valence-electron chi connectivity index (χ2n) is 7.42. The molecule has 0 radical (unpaired) electrons. The van der Waals surface area contributed by atoms with Crippen LogP contribution in [0, 0.1) is 0 Å². The lowest BCUT2D eigenvalue weighted by Crippen LogP contribution is -2.74. The molecule has 6 N–H and O–H groups in total. The summed E-state index contributed by atoms with van der Waals surface area (Å²) >= 11 is 1.94. The molecule has 4 rings (SSSR count). The van der Waals surface area contributed by atoms with Gasteiger partial charge in [-0.05, 0) is 5.57 Å². The van der Waals surface area contributed by atoms with E-state index in [1.165, 1.54) is 11.6 Å². The van der Waals surface area contributed by atoms with Crippen molar-refractivity contribution in [1.82, 2.24) is 30.4 Å². The van der Waals surface area contributed by atoms with Gasteiger partial charge < -0.3 is 26.1 Å². The molecule has 0 spiro atoms. The standard InChI is InChI=1S/C18H16N8O9S3/c19-17-21-7(4-37-17)10(25-35-2-9(27)28)13(29)23-11-14(30)26-12(16(31)32)6(5-38(34)15(11)26)3-36-8-1-20-24-18(33)22-8/h1,4,11,15H,2-3,5H2,(H2,19,21)(H,23,29)(H,27,28)(H,31,32)(H,22,24,33)/t11?,15-,38?/m0/s1. The van der Waals surface area contributed by atoms with E-state index < -0.39 is 64.0 Å². The average Bonchev–Trinajstić information content (AvgIpc) is 3.28. The Morgan fingerprint density at radius 3 is 2.74 bits per heavy atom. The first-order valence-electron chi connectivity index (χ1n) is 10.2. The Bertz CT molecular complexity index is 1470. The van der Waals surface area contributed by atoms with E-state index in [1.807, 2.05) is 0 Å². The van der Waals surface area contributed by atoms with Crippen LogP contribution in [0.5, 0.6) is 0 Å². The van der Waals surface area contributed by atoms with E-state index in [1.54, 1.807) is 0 Å². The van der Waals surface area contributed by atoms with Gasteiger partial charge in [-0.25, -0.2) is 24.5 Å². The summed E-state index contributed by atoms with van der Waals surface area (Å²) in [5, 5.41) is 30.5. The Morgan fingerprint density at radius 1 is 1.34 bits per heavy atom. The third-order valence-corrected chi connectivity index (χ3v) is 8.27. The summed E-state index contributed by atoms with van der Waals surface area (Å²) in [6.07, 6.45) is 1.26. The second kappa shape index (κ2) is 11.1. The fourth-order valence-corrected chi connectivity index (χ4v) is 6.65. The smallest absolute Gasteiger partial charge is 0.362 e. The Morgan fingerprint density at radius 2 is 2.11 bits per heavy atom. The molecule has 1 saturated heterocycles. The van der Waals surface area contributed by atoms with Crippen molar-refractivity contribution in [2.75, 3.05) is 23.8 Å². The fraction of sp³-hybridized carbons (Fsp3) is 0.278. The molecule has 0 aromatic carbocycles. The molecule has 0 saturated carbocycles. The minimum atomic E-state index is -1.82. The van der Waals surface area contributed by atoms with Crippen molar-refractivity contribution in [3.05, 3.63) is 39.0 Å². The normalized spacial score (nSPS) is 20.9. The summed E-state index contributed by atoms with van der Waals surface area (Å²) in [4.78, 5) is 73.0. The van der Waals surface area contributed by atoms with Crippen LogP contribution in [-0.4, -0.2) is 98.5 Å². The summed E-state index contributed by atoms with van der Waals surface area (Å²) in [7, 11) is -1.82. The lowest BCUT2D eigenvalue weighted by Gasteiger charge is -2.49. The van der Waals surface area contributed by atoms with Gasteiger partial charge in [-0.15, -0.1) is 23.1 Å². The van der Waals surface area contributed by atoms with Gasteiger partial charge in [0.05, 0.1) is 22.7 Å². The van der Waals surface area contributed by atoms with Gasteiger partial charge in [0.25, 0.3) is 11.8 Å². The van der Waals surface area contributed by atoms with Gasteiger partial charge in [-0.1, -0.05) is 5.16 Å². The first-order valence-corrected chi connectivity index (χ1v) is 13.5. The zero-order valence-electron chi connectivity index (χ0n) is 18.7. The predicted molar refractivity (Wildman–Crippen MR) is 130 cm³/mol. The van der Waals surface area contributed by atoms with E-state index in [0.29, 0.717) is 0 Å². The van der Waals surface area contributed by atoms with Crippen LogP contribution in [0.15, 0.2) is 37.8 Å². The molecule has 0 bridgehead atoms. The maximum Gasteiger partial charge on any atom is 0.362 e. The number of oxime groups is 1. The molecule has 2 aliphatic rings. The number of carbonyl (C=O) groups is 4. The number of nitrogen functional groups attached to an aromatic ring is 1. The largest absolute Gasteiger partial charge is 0.479 e. The highest BCUT2D eigenvalue weighted by molar-refractivity contribution is 7.99. The predicted octanol–water partition coefficient (Wildman–Crippen LogP) is -2.44. The van der Waals surface area contributed by atoms with Crippen LogP contribution in [0.25, 0.3) is 0 Å². The number of fused-ring (bicyclic) bond motifs is 1. The van der Waals surface area contributed by atoms with Crippen molar-refractivity contribution in [3.63, 3.8) is 0 Å².